The monoisotopic (exact) mass is 261 g/mol. The summed E-state index contributed by atoms with van der Waals surface area (Å²) in [5.41, 5.74) is 6.74. The van der Waals surface area contributed by atoms with Crippen LogP contribution in [0.4, 0.5) is 5.82 Å². The molecule has 0 bridgehead atoms. The molecular formula is C11H15N7O. The molecule has 100 valence electrons. The summed E-state index contributed by atoms with van der Waals surface area (Å²) in [7, 11) is 0. The minimum absolute atomic E-state index is 0.000319. The van der Waals surface area contributed by atoms with Gasteiger partial charge in [-0.1, -0.05) is 0 Å². The number of anilines is 1. The zero-order valence-electron chi connectivity index (χ0n) is 10.3. The Hall–Kier alpha value is -2.22. The first-order chi connectivity index (χ1) is 9.34. The van der Waals surface area contributed by atoms with Gasteiger partial charge in [-0.05, 0) is 19.4 Å². The average Bonchev–Trinajstić information content (AvgIpc) is 2.94. The molecule has 1 aliphatic rings. The van der Waals surface area contributed by atoms with E-state index in [1.807, 2.05) is 0 Å². The number of fused-ring (bicyclic) bond motifs is 1. The van der Waals surface area contributed by atoms with Gasteiger partial charge in [0.05, 0.1) is 12.2 Å². The first kappa shape index (κ1) is 11.8. The van der Waals surface area contributed by atoms with Gasteiger partial charge in [-0.3, -0.25) is 15.6 Å². The van der Waals surface area contributed by atoms with Gasteiger partial charge in [-0.2, -0.15) is 0 Å². The third-order valence-electron chi connectivity index (χ3n) is 3.19. The van der Waals surface area contributed by atoms with E-state index >= 15 is 0 Å². The first-order valence-corrected chi connectivity index (χ1v) is 6.25. The molecule has 0 aliphatic carbocycles. The van der Waals surface area contributed by atoms with Gasteiger partial charge in [0, 0.05) is 6.54 Å². The fraction of sp³-hybridized carbons (Fsp3) is 0.455. The normalized spacial score (nSPS) is 19.3. The Balaban J connectivity index is 1.65. The molecule has 1 amide bonds. The SMILES string of the molecule is O=C(NNc1ncnc2nc[nH]c12)[C@@H]1CCCNC1. The van der Waals surface area contributed by atoms with Crippen molar-refractivity contribution in [3.63, 3.8) is 0 Å². The molecule has 19 heavy (non-hydrogen) atoms. The Morgan fingerprint density at radius 2 is 2.32 bits per heavy atom. The second-order valence-corrected chi connectivity index (χ2v) is 4.48. The highest BCUT2D eigenvalue weighted by Crippen LogP contribution is 2.14. The lowest BCUT2D eigenvalue weighted by Crippen LogP contribution is -2.42. The maximum Gasteiger partial charge on any atom is 0.242 e. The van der Waals surface area contributed by atoms with Gasteiger partial charge in [-0.15, -0.1) is 0 Å². The minimum Gasteiger partial charge on any atom is -0.340 e. The molecular weight excluding hydrogens is 246 g/mol. The summed E-state index contributed by atoms with van der Waals surface area (Å²) in [5.74, 6) is 0.485. The number of carbonyl (C=O) groups excluding carboxylic acids is 1. The zero-order chi connectivity index (χ0) is 13.1. The van der Waals surface area contributed by atoms with Crippen LogP contribution in [-0.2, 0) is 4.79 Å². The molecule has 0 spiro atoms. The van der Waals surface area contributed by atoms with E-state index in [1.54, 1.807) is 0 Å². The van der Waals surface area contributed by atoms with Crippen molar-refractivity contribution in [3.8, 4) is 0 Å². The predicted octanol–water partition coefficient (Wildman–Crippen LogP) is -0.204. The maximum atomic E-state index is 12.0. The summed E-state index contributed by atoms with van der Waals surface area (Å²) in [6, 6.07) is 0. The van der Waals surface area contributed by atoms with Gasteiger partial charge in [0.15, 0.2) is 11.5 Å². The number of carbonyl (C=O) groups is 1. The molecule has 1 atom stereocenters. The highest BCUT2D eigenvalue weighted by Gasteiger charge is 2.20. The molecule has 2 aromatic rings. The number of aromatic amines is 1. The molecule has 0 unspecified atom stereocenters. The van der Waals surface area contributed by atoms with Gasteiger partial charge in [-0.25, -0.2) is 15.0 Å². The molecule has 1 fully saturated rings. The highest BCUT2D eigenvalue weighted by atomic mass is 16.2. The van der Waals surface area contributed by atoms with Crippen LogP contribution in [0.3, 0.4) is 0 Å². The highest BCUT2D eigenvalue weighted by molar-refractivity contribution is 5.85. The summed E-state index contributed by atoms with van der Waals surface area (Å²) >= 11 is 0. The van der Waals surface area contributed by atoms with Crippen molar-refractivity contribution < 1.29 is 4.79 Å². The van der Waals surface area contributed by atoms with Gasteiger partial charge in [0.25, 0.3) is 0 Å². The van der Waals surface area contributed by atoms with E-state index < -0.39 is 0 Å². The number of nitrogens with zero attached hydrogens (tertiary/aromatic N) is 3. The van der Waals surface area contributed by atoms with Crippen LogP contribution in [0.1, 0.15) is 12.8 Å². The van der Waals surface area contributed by atoms with Crippen LogP contribution in [-0.4, -0.2) is 38.9 Å². The summed E-state index contributed by atoms with van der Waals surface area (Å²) in [5, 5.41) is 3.21. The van der Waals surface area contributed by atoms with Crippen molar-refractivity contribution in [3.05, 3.63) is 12.7 Å². The number of hydrogen-bond acceptors (Lipinski definition) is 6. The number of nitrogens with one attached hydrogen (secondary N) is 4. The Morgan fingerprint density at radius 3 is 3.16 bits per heavy atom. The predicted molar refractivity (Wildman–Crippen MR) is 69.0 cm³/mol. The third-order valence-corrected chi connectivity index (χ3v) is 3.19. The number of imidazole rings is 1. The molecule has 8 heteroatoms. The smallest absolute Gasteiger partial charge is 0.242 e. The molecule has 0 aromatic carbocycles. The van der Waals surface area contributed by atoms with E-state index in [9.17, 15) is 4.79 Å². The molecule has 0 saturated carbocycles. The van der Waals surface area contributed by atoms with Crippen LogP contribution in [0.25, 0.3) is 11.2 Å². The lowest BCUT2D eigenvalue weighted by atomic mass is 9.99. The Kier molecular flexibility index (Phi) is 3.23. The van der Waals surface area contributed by atoms with Crippen LogP contribution in [0.5, 0.6) is 0 Å². The number of hydrazine groups is 1. The van der Waals surface area contributed by atoms with Gasteiger partial charge < -0.3 is 10.3 Å². The maximum absolute atomic E-state index is 12.0. The second-order valence-electron chi connectivity index (χ2n) is 4.48. The van der Waals surface area contributed by atoms with Crippen molar-refractivity contribution in [1.82, 2.24) is 30.7 Å². The zero-order valence-corrected chi connectivity index (χ0v) is 10.3. The summed E-state index contributed by atoms with van der Waals surface area (Å²) in [6.07, 6.45) is 4.87. The van der Waals surface area contributed by atoms with Crippen molar-refractivity contribution in [2.75, 3.05) is 18.5 Å². The fourth-order valence-corrected chi connectivity index (χ4v) is 2.16. The lowest BCUT2D eigenvalue weighted by Gasteiger charge is -2.22. The van der Waals surface area contributed by atoms with Crippen molar-refractivity contribution in [2.45, 2.75) is 12.8 Å². The van der Waals surface area contributed by atoms with Crippen LogP contribution in [0.15, 0.2) is 12.7 Å². The van der Waals surface area contributed by atoms with E-state index in [0.717, 1.165) is 25.9 Å². The molecule has 3 rings (SSSR count). The van der Waals surface area contributed by atoms with E-state index in [2.05, 4.69) is 36.1 Å². The molecule has 1 aliphatic heterocycles. The van der Waals surface area contributed by atoms with E-state index in [-0.39, 0.29) is 11.8 Å². The van der Waals surface area contributed by atoms with Crippen molar-refractivity contribution in [1.29, 1.82) is 0 Å². The topological polar surface area (TPSA) is 108 Å². The Morgan fingerprint density at radius 1 is 1.37 bits per heavy atom. The minimum atomic E-state index is -0.0292. The van der Waals surface area contributed by atoms with Crippen LogP contribution in [0, 0.1) is 5.92 Å². The number of rotatable bonds is 3. The number of piperidine rings is 1. The molecule has 0 radical (unpaired) electrons. The largest absolute Gasteiger partial charge is 0.340 e. The molecule has 8 nitrogen and oxygen atoms in total. The number of aromatic nitrogens is 4. The first-order valence-electron chi connectivity index (χ1n) is 6.25. The number of H-pyrrole nitrogens is 1. The van der Waals surface area contributed by atoms with E-state index in [1.165, 1.54) is 12.7 Å². The summed E-state index contributed by atoms with van der Waals surface area (Å²) in [6.45, 7) is 1.70. The number of amides is 1. The van der Waals surface area contributed by atoms with Crippen LogP contribution in [0.2, 0.25) is 0 Å². The van der Waals surface area contributed by atoms with Crippen LogP contribution >= 0.6 is 0 Å². The lowest BCUT2D eigenvalue weighted by molar-refractivity contribution is -0.124. The van der Waals surface area contributed by atoms with E-state index in [4.69, 9.17) is 0 Å². The van der Waals surface area contributed by atoms with Gasteiger partial charge in [0.2, 0.25) is 5.91 Å². The average molecular weight is 261 g/mol. The summed E-state index contributed by atoms with van der Waals surface area (Å²) in [4.78, 5) is 27.0. The Bertz CT molecular complexity index is 575. The summed E-state index contributed by atoms with van der Waals surface area (Å²) < 4.78 is 0. The second kappa shape index (κ2) is 5.19. The standard InChI is InChI=1S/C11H15N7O/c19-11(7-2-1-3-12-4-7)18-17-10-8-9(14-5-13-8)15-6-16-10/h5-7,12H,1-4H2,(H,18,19)(H2,13,14,15,16,17)/t7-/m1/s1. The third kappa shape index (κ3) is 2.48. The van der Waals surface area contributed by atoms with Gasteiger partial charge >= 0.3 is 0 Å². The molecule has 1 saturated heterocycles. The van der Waals surface area contributed by atoms with Crippen LogP contribution < -0.4 is 16.2 Å². The molecule has 3 heterocycles. The van der Waals surface area contributed by atoms with Crippen molar-refractivity contribution in [2.24, 2.45) is 5.92 Å². The quantitative estimate of drug-likeness (QED) is 0.570. The van der Waals surface area contributed by atoms with Crippen molar-refractivity contribution >= 4 is 22.9 Å². The fourth-order valence-electron chi connectivity index (χ4n) is 2.16. The molecule has 2 aromatic heterocycles. The van der Waals surface area contributed by atoms with Gasteiger partial charge in [0.1, 0.15) is 11.8 Å². The Labute approximate surface area is 109 Å². The number of hydrogen-bond donors (Lipinski definition) is 4. The van der Waals surface area contributed by atoms with E-state index in [0.29, 0.717) is 17.0 Å². The molecule has 4 N–H and O–H groups in total.